The van der Waals surface area contributed by atoms with Crippen molar-refractivity contribution in [3.05, 3.63) is 106 Å². The number of rotatable bonds is 4. The Hall–Kier alpha value is -4.25. The lowest BCUT2D eigenvalue weighted by atomic mass is 10.0. The van der Waals surface area contributed by atoms with Gasteiger partial charge in [0, 0.05) is 33.7 Å². The summed E-state index contributed by atoms with van der Waals surface area (Å²) >= 11 is 0. The van der Waals surface area contributed by atoms with Crippen LogP contribution in [0.1, 0.15) is 21.6 Å². The zero-order chi connectivity index (χ0) is 21.4. The van der Waals surface area contributed by atoms with Gasteiger partial charge in [-0.3, -0.25) is 9.78 Å². The van der Waals surface area contributed by atoms with Crippen molar-refractivity contribution in [1.29, 1.82) is 0 Å². The molecule has 0 radical (unpaired) electrons. The molecule has 0 unspecified atom stereocenters. The molecule has 0 aliphatic rings. The molecular formula is C26H18N2O3. The Labute approximate surface area is 177 Å². The van der Waals surface area contributed by atoms with Gasteiger partial charge in [0.05, 0.1) is 11.3 Å². The quantitative estimate of drug-likeness (QED) is 0.241. The zero-order valence-electron chi connectivity index (χ0n) is 16.8. The number of nitrogens with one attached hydrogen (secondary N) is 1. The fourth-order valence-corrected chi connectivity index (χ4v) is 3.70. The number of carbonyl (C=O) groups is 1. The number of ketones is 1. The number of hydrogen-bond acceptors (Lipinski definition) is 4. The molecule has 150 valence electrons. The van der Waals surface area contributed by atoms with Gasteiger partial charge in [-0.2, -0.15) is 0 Å². The van der Waals surface area contributed by atoms with E-state index in [-0.39, 0.29) is 5.78 Å². The molecule has 0 spiro atoms. The molecule has 31 heavy (non-hydrogen) atoms. The van der Waals surface area contributed by atoms with Crippen LogP contribution in [0.25, 0.3) is 39.2 Å². The van der Waals surface area contributed by atoms with Crippen LogP contribution in [0.15, 0.2) is 88.2 Å². The predicted octanol–water partition coefficient (Wildman–Crippen LogP) is 5.54. The van der Waals surface area contributed by atoms with Crippen molar-refractivity contribution in [3.63, 3.8) is 0 Å². The van der Waals surface area contributed by atoms with E-state index >= 15 is 0 Å². The number of aromatic amines is 1. The number of para-hydroxylation sites is 2. The molecule has 0 aliphatic carbocycles. The number of hydrogen-bond donors (Lipinski definition) is 1. The van der Waals surface area contributed by atoms with E-state index in [9.17, 15) is 9.59 Å². The maximum absolute atomic E-state index is 12.8. The van der Waals surface area contributed by atoms with Gasteiger partial charge in [-0.25, -0.2) is 4.79 Å². The molecular weight excluding hydrogens is 388 g/mol. The molecule has 0 saturated carbocycles. The maximum Gasteiger partial charge on any atom is 0.345 e. The molecule has 0 aliphatic heterocycles. The second-order valence-corrected chi connectivity index (χ2v) is 7.30. The lowest BCUT2D eigenvalue weighted by Gasteiger charge is -2.06. The number of H-pyrrole nitrogens is 1. The molecule has 5 heteroatoms. The zero-order valence-corrected chi connectivity index (χ0v) is 16.8. The first kappa shape index (κ1) is 18.8. The first-order chi connectivity index (χ1) is 15.1. The normalized spacial score (nSPS) is 11.5. The Balaban J connectivity index is 1.46. The molecule has 5 aromatic rings. The average Bonchev–Trinajstić information content (AvgIpc) is 3.20. The minimum atomic E-state index is -0.455. The highest BCUT2D eigenvalue weighted by Gasteiger charge is 2.13. The minimum absolute atomic E-state index is 0.146. The van der Waals surface area contributed by atoms with Crippen molar-refractivity contribution in [3.8, 4) is 11.3 Å². The highest BCUT2D eigenvalue weighted by atomic mass is 16.4. The summed E-state index contributed by atoms with van der Waals surface area (Å²) in [4.78, 5) is 32.9. The Bertz CT molecular complexity index is 1540. The second-order valence-electron chi connectivity index (χ2n) is 7.30. The molecule has 3 heterocycles. The summed E-state index contributed by atoms with van der Waals surface area (Å²) in [6.45, 7) is 1.76. The fraction of sp³-hybridized carbons (Fsp3) is 0.0385. The monoisotopic (exact) mass is 406 g/mol. The van der Waals surface area contributed by atoms with Crippen LogP contribution in [-0.4, -0.2) is 15.8 Å². The first-order valence-electron chi connectivity index (χ1n) is 9.89. The van der Waals surface area contributed by atoms with Crippen LogP contribution < -0.4 is 5.63 Å². The highest BCUT2D eigenvalue weighted by molar-refractivity contribution is 6.08. The lowest BCUT2D eigenvalue weighted by Crippen LogP contribution is -2.06. The summed E-state index contributed by atoms with van der Waals surface area (Å²) in [7, 11) is 0. The SMILES string of the molecule is Cc1nc(-c2cc3ccccc3oc2=O)ccc1C(=O)/C=C/c1c[nH]c2ccccc12. The van der Waals surface area contributed by atoms with Gasteiger partial charge in [0.25, 0.3) is 0 Å². The van der Waals surface area contributed by atoms with E-state index in [1.165, 1.54) is 0 Å². The van der Waals surface area contributed by atoms with E-state index < -0.39 is 5.63 Å². The standard InChI is InChI=1S/C26H18N2O3/c1-16-19(24(29)13-10-18-15-27-22-8-4-3-7-20(18)22)11-12-23(28-16)21-14-17-6-2-5-9-25(17)31-26(21)30/h2-15,27H,1H3/b13-10+. The summed E-state index contributed by atoms with van der Waals surface area (Å²) < 4.78 is 5.40. The highest BCUT2D eigenvalue weighted by Crippen LogP contribution is 2.22. The van der Waals surface area contributed by atoms with E-state index in [0.717, 1.165) is 21.9 Å². The van der Waals surface area contributed by atoms with Crippen LogP contribution >= 0.6 is 0 Å². The van der Waals surface area contributed by atoms with Crippen molar-refractivity contribution < 1.29 is 9.21 Å². The molecule has 0 saturated heterocycles. The molecule has 5 rings (SSSR count). The number of aryl methyl sites for hydroxylation is 1. The molecule has 2 aromatic carbocycles. The summed E-state index contributed by atoms with van der Waals surface area (Å²) in [5, 5.41) is 1.87. The number of aromatic nitrogens is 2. The topological polar surface area (TPSA) is 76.0 Å². The van der Waals surface area contributed by atoms with Crippen LogP contribution in [0.5, 0.6) is 0 Å². The van der Waals surface area contributed by atoms with Crippen LogP contribution in [0.3, 0.4) is 0 Å². The van der Waals surface area contributed by atoms with Gasteiger partial charge >= 0.3 is 5.63 Å². The van der Waals surface area contributed by atoms with Crippen LogP contribution in [0.4, 0.5) is 0 Å². The number of carbonyl (C=O) groups excluding carboxylic acids is 1. The van der Waals surface area contributed by atoms with Crippen molar-refractivity contribution in [2.45, 2.75) is 6.92 Å². The van der Waals surface area contributed by atoms with Gasteiger partial charge < -0.3 is 9.40 Å². The van der Waals surface area contributed by atoms with Gasteiger partial charge in [0.1, 0.15) is 5.58 Å². The van der Waals surface area contributed by atoms with E-state index in [1.54, 1.807) is 43.3 Å². The van der Waals surface area contributed by atoms with E-state index in [0.29, 0.717) is 28.1 Å². The molecule has 3 aromatic heterocycles. The molecule has 0 atom stereocenters. The Morgan fingerprint density at radius 2 is 1.84 bits per heavy atom. The first-order valence-corrected chi connectivity index (χ1v) is 9.89. The third kappa shape index (κ3) is 3.46. The maximum atomic E-state index is 12.8. The van der Waals surface area contributed by atoms with Crippen LogP contribution in [0.2, 0.25) is 0 Å². The van der Waals surface area contributed by atoms with E-state index in [2.05, 4.69) is 9.97 Å². The van der Waals surface area contributed by atoms with Gasteiger partial charge in [0.15, 0.2) is 5.78 Å². The molecule has 5 nitrogen and oxygen atoms in total. The van der Waals surface area contributed by atoms with Gasteiger partial charge in [0.2, 0.25) is 0 Å². The predicted molar refractivity (Wildman–Crippen MR) is 122 cm³/mol. The minimum Gasteiger partial charge on any atom is -0.422 e. The number of nitrogens with zero attached hydrogens (tertiary/aromatic N) is 1. The summed E-state index contributed by atoms with van der Waals surface area (Å²) in [6, 6.07) is 20.4. The number of fused-ring (bicyclic) bond motifs is 2. The van der Waals surface area contributed by atoms with E-state index in [1.807, 2.05) is 48.7 Å². The summed E-state index contributed by atoms with van der Waals surface area (Å²) in [5.41, 5.74) is 3.94. The third-order valence-electron chi connectivity index (χ3n) is 5.30. The van der Waals surface area contributed by atoms with Crippen molar-refractivity contribution >= 4 is 33.7 Å². The number of allylic oxidation sites excluding steroid dienone is 1. The Kier molecular flexibility index (Phi) is 4.56. The van der Waals surface area contributed by atoms with Crippen molar-refractivity contribution in [2.75, 3.05) is 0 Å². The molecule has 0 fully saturated rings. The smallest absolute Gasteiger partial charge is 0.345 e. The lowest BCUT2D eigenvalue weighted by molar-refractivity contribution is 0.104. The van der Waals surface area contributed by atoms with Crippen LogP contribution in [-0.2, 0) is 0 Å². The second kappa shape index (κ2) is 7.54. The Morgan fingerprint density at radius 1 is 1.03 bits per heavy atom. The largest absolute Gasteiger partial charge is 0.422 e. The summed E-state index contributed by atoms with van der Waals surface area (Å²) in [5.74, 6) is -0.146. The third-order valence-corrected chi connectivity index (χ3v) is 5.30. The fourth-order valence-electron chi connectivity index (χ4n) is 3.70. The van der Waals surface area contributed by atoms with E-state index in [4.69, 9.17) is 4.42 Å². The van der Waals surface area contributed by atoms with Gasteiger partial charge in [-0.05, 0) is 55.0 Å². The number of benzene rings is 2. The molecule has 0 bridgehead atoms. The molecule has 1 N–H and O–H groups in total. The molecule has 0 amide bonds. The van der Waals surface area contributed by atoms with Gasteiger partial charge in [-0.1, -0.05) is 36.4 Å². The Morgan fingerprint density at radius 3 is 2.71 bits per heavy atom. The van der Waals surface area contributed by atoms with Crippen molar-refractivity contribution in [1.82, 2.24) is 9.97 Å². The number of pyridine rings is 1. The van der Waals surface area contributed by atoms with Crippen molar-refractivity contribution in [2.24, 2.45) is 0 Å². The average molecular weight is 406 g/mol. The van der Waals surface area contributed by atoms with Gasteiger partial charge in [-0.15, -0.1) is 0 Å². The summed E-state index contributed by atoms with van der Waals surface area (Å²) in [6.07, 6.45) is 5.22. The van der Waals surface area contributed by atoms with Crippen LogP contribution in [0, 0.1) is 6.92 Å².